The van der Waals surface area contributed by atoms with Gasteiger partial charge in [0.2, 0.25) is 5.78 Å². The van der Waals surface area contributed by atoms with Crippen molar-refractivity contribution in [3.63, 3.8) is 0 Å². The predicted molar refractivity (Wildman–Crippen MR) is 86.5 cm³/mol. The number of rotatable bonds is 3. The quantitative estimate of drug-likeness (QED) is 0.490. The lowest BCUT2D eigenvalue weighted by atomic mass is 10.0. The smallest absolute Gasteiger partial charge is 0.310 e. The van der Waals surface area contributed by atoms with Crippen molar-refractivity contribution in [2.45, 2.75) is 20.3 Å². The summed E-state index contributed by atoms with van der Waals surface area (Å²) >= 11 is 0. The lowest BCUT2D eigenvalue weighted by Gasteiger charge is -2.06. The third-order valence-corrected chi connectivity index (χ3v) is 3.56. The molecule has 1 heterocycles. The summed E-state index contributed by atoms with van der Waals surface area (Å²) in [6, 6.07) is 12.8. The Labute approximate surface area is 134 Å². The van der Waals surface area contributed by atoms with Crippen LogP contribution in [-0.4, -0.2) is 11.8 Å². The first-order valence-corrected chi connectivity index (χ1v) is 7.43. The highest BCUT2D eigenvalue weighted by molar-refractivity contribution is 6.15. The molecule has 0 atom stereocenters. The van der Waals surface area contributed by atoms with Crippen molar-refractivity contribution in [1.29, 1.82) is 0 Å². The van der Waals surface area contributed by atoms with E-state index in [1.807, 2.05) is 30.3 Å². The van der Waals surface area contributed by atoms with Crippen molar-refractivity contribution in [2.24, 2.45) is 0 Å². The molecule has 0 radical (unpaired) electrons. The van der Waals surface area contributed by atoms with Gasteiger partial charge in [-0.25, -0.2) is 0 Å². The van der Waals surface area contributed by atoms with Gasteiger partial charge in [0.15, 0.2) is 5.76 Å². The number of allylic oxidation sites excluding steroid dienone is 1. The lowest BCUT2D eigenvalue weighted by Crippen LogP contribution is -2.06. The van der Waals surface area contributed by atoms with E-state index in [0.717, 1.165) is 11.1 Å². The van der Waals surface area contributed by atoms with Gasteiger partial charge in [-0.05, 0) is 30.2 Å². The van der Waals surface area contributed by atoms with E-state index >= 15 is 0 Å². The highest BCUT2D eigenvalue weighted by atomic mass is 16.5. The molecule has 1 aliphatic rings. The second-order valence-electron chi connectivity index (χ2n) is 5.29. The molecule has 0 saturated heterocycles. The molecule has 0 spiro atoms. The maximum absolute atomic E-state index is 12.5. The minimum absolute atomic E-state index is 0.158. The molecule has 0 aliphatic carbocycles. The number of hydrogen-bond donors (Lipinski definition) is 0. The highest BCUT2D eigenvalue weighted by Gasteiger charge is 2.30. The fraction of sp³-hybridized carbons (Fsp3) is 0.158. The van der Waals surface area contributed by atoms with Gasteiger partial charge in [0.1, 0.15) is 11.5 Å². The molecule has 4 nitrogen and oxygen atoms in total. The Morgan fingerprint density at radius 3 is 2.65 bits per heavy atom. The van der Waals surface area contributed by atoms with Crippen molar-refractivity contribution in [3.05, 3.63) is 64.9 Å². The molecule has 4 heteroatoms. The summed E-state index contributed by atoms with van der Waals surface area (Å²) in [5, 5.41) is 0. The number of ketones is 1. The summed E-state index contributed by atoms with van der Waals surface area (Å²) in [5.74, 6) is 0.606. The Kier molecular flexibility index (Phi) is 3.98. The largest absolute Gasteiger partial charge is 0.452 e. The third kappa shape index (κ3) is 3.01. The van der Waals surface area contributed by atoms with Crippen molar-refractivity contribution >= 4 is 17.8 Å². The molecule has 0 N–H and O–H groups in total. The van der Waals surface area contributed by atoms with Crippen LogP contribution in [0.3, 0.4) is 0 Å². The van der Waals surface area contributed by atoms with Crippen LogP contribution in [0.1, 0.15) is 34.8 Å². The zero-order valence-electron chi connectivity index (χ0n) is 13.0. The molecule has 0 amide bonds. The minimum atomic E-state index is -0.325. The monoisotopic (exact) mass is 308 g/mol. The van der Waals surface area contributed by atoms with E-state index in [1.165, 1.54) is 0 Å². The normalized spacial score (nSPS) is 14.5. The Morgan fingerprint density at radius 1 is 1.22 bits per heavy atom. The minimum Gasteiger partial charge on any atom is -0.452 e. The Hall–Kier alpha value is -2.88. The number of hydrogen-bond acceptors (Lipinski definition) is 4. The Bertz CT molecular complexity index is 804. The average molecular weight is 308 g/mol. The standard InChI is InChI=1S/C19H16O4/c1-3-17(20)22-14-9-12(2)18-15(11-14)23-16(19(18)21)10-13-7-5-4-6-8-13/h4-11H,3H2,1-2H3/b16-10-. The molecule has 2 aromatic carbocycles. The number of aryl methyl sites for hydroxylation is 1. The number of benzene rings is 2. The van der Waals surface area contributed by atoms with Gasteiger partial charge in [-0.2, -0.15) is 0 Å². The lowest BCUT2D eigenvalue weighted by molar-refractivity contribution is -0.134. The van der Waals surface area contributed by atoms with Crippen molar-refractivity contribution < 1.29 is 19.1 Å². The van der Waals surface area contributed by atoms with E-state index < -0.39 is 0 Å². The molecule has 116 valence electrons. The van der Waals surface area contributed by atoms with Gasteiger partial charge < -0.3 is 9.47 Å². The van der Waals surface area contributed by atoms with E-state index in [2.05, 4.69) is 0 Å². The number of esters is 1. The Morgan fingerprint density at radius 2 is 1.96 bits per heavy atom. The summed E-state index contributed by atoms with van der Waals surface area (Å²) in [4.78, 5) is 23.9. The molecule has 3 rings (SSSR count). The number of ether oxygens (including phenoxy) is 2. The summed E-state index contributed by atoms with van der Waals surface area (Å²) in [6.07, 6.45) is 1.99. The van der Waals surface area contributed by atoms with Gasteiger partial charge in [-0.3, -0.25) is 9.59 Å². The van der Waals surface area contributed by atoms with Crippen molar-refractivity contribution in [2.75, 3.05) is 0 Å². The molecule has 0 saturated carbocycles. The van der Waals surface area contributed by atoms with Crippen molar-refractivity contribution in [1.82, 2.24) is 0 Å². The van der Waals surface area contributed by atoms with Gasteiger partial charge in [-0.15, -0.1) is 0 Å². The van der Waals surface area contributed by atoms with Crippen LogP contribution in [0.5, 0.6) is 11.5 Å². The van der Waals surface area contributed by atoms with Gasteiger partial charge in [0.05, 0.1) is 5.56 Å². The van der Waals surface area contributed by atoms with Crippen LogP contribution in [-0.2, 0) is 4.79 Å². The van der Waals surface area contributed by atoms with Crippen LogP contribution < -0.4 is 9.47 Å². The van der Waals surface area contributed by atoms with Crippen LogP contribution in [0, 0.1) is 6.92 Å². The highest BCUT2D eigenvalue weighted by Crippen LogP contribution is 2.37. The second-order valence-corrected chi connectivity index (χ2v) is 5.29. The molecule has 0 fully saturated rings. The first-order valence-electron chi connectivity index (χ1n) is 7.43. The third-order valence-electron chi connectivity index (χ3n) is 3.56. The summed E-state index contributed by atoms with van der Waals surface area (Å²) < 4.78 is 10.9. The number of carbonyl (C=O) groups is 2. The molecule has 0 bridgehead atoms. The first kappa shape index (κ1) is 15.0. The summed E-state index contributed by atoms with van der Waals surface area (Å²) in [6.45, 7) is 3.53. The van der Waals surface area contributed by atoms with Crippen LogP contribution in [0.25, 0.3) is 6.08 Å². The maximum Gasteiger partial charge on any atom is 0.310 e. The molecule has 2 aromatic rings. The molecular weight excluding hydrogens is 292 g/mol. The van der Waals surface area contributed by atoms with Gasteiger partial charge in [0.25, 0.3) is 0 Å². The van der Waals surface area contributed by atoms with Crippen LogP contribution in [0.15, 0.2) is 48.2 Å². The zero-order chi connectivity index (χ0) is 16.4. The van der Waals surface area contributed by atoms with E-state index in [-0.39, 0.29) is 23.9 Å². The Balaban J connectivity index is 1.94. The maximum atomic E-state index is 12.5. The molecule has 23 heavy (non-hydrogen) atoms. The van der Waals surface area contributed by atoms with Gasteiger partial charge in [-0.1, -0.05) is 37.3 Å². The second kappa shape index (κ2) is 6.08. The molecule has 0 unspecified atom stereocenters. The summed E-state index contributed by atoms with van der Waals surface area (Å²) in [7, 11) is 0. The zero-order valence-corrected chi connectivity index (χ0v) is 13.0. The fourth-order valence-corrected chi connectivity index (χ4v) is 2.44. The first-order chi connectivity index (χ1) is 11.1. The van der Waals surface area contributed by atoms with Gasteiger partial charge in [0, 0.05) is 12.5 Å². The average Bonchev–Trinajstić information content (AvgIpc) is 2.84. The van der Waals surface area contributed by atoms with Crippen LogP contribution in [0.4, 0.5) is 0 Å². The molecular formula is C19H16O4. The predicted octanol–water partition coefficient (Wildman–Crippen LogP) is 3.93. The van der Waals surface area contributed by atoms with Gasteiger partial charge >= 0.3 is 5.97 Å². The number of Topliss-reactive ketones (excluding diaryl/α,β-unsaturated/α-hetero) is 1. The van der Waals surface area contributed by atoms with E-state index in [1.54, 1.807) is 32.1 Å². The van der Waals surface area contributed by atoms with E-state index in [9.17, 15) is 9.59 Å². The summed E-state index contributed by atoms with van der Waals surface area (Å²) in [5.41, 5.74) is 2.13. The van der Waals surface area contributed by atoms with Crippen molar-refractivity contribution in [3.8, 4) is 11.5 Å². The molecule has 0 aromatic heterocycles. The van der Waals surface area contributed by atoms with E-state index in [0.29, 0.717) is 17.1 Å². The molecule has 1 aliphatic heterocycles. The fourth-order valence-electron chi connectivity index (χ4n) is 2.44. The number of carbonyl (C=O) groups excluding carboxylic acids is 2. The topological polar surface area (TPSA) is 52.6 Å². The number of fused-ring (bicyclic) bond motifs is 1. The SMILES string of the molecule is CCC(=O)Oc1cc(C)c2c(c1)O/C(=C\c1ccccc1)C2=O. The van der Waals surface area contributed by atoms with Crippen LogP contribution >= 0.6 is 0 Å². The van der Waals surface area contributed by atoms with Crippen LogP contribution in [0.2, 0.25) is 0 Å². The van der Waals surface area contributed by atoms with E-state index in [4.69, 9.17) is 9.47 Å².